The molecule has 2 aromatic rings. The van der Waals surface area contributed by atoms with Crippen molar-refractivity contribution >= 4 is 16.5 Å². The molecule has 1 aromatic heterocycles. The molecule has 3 nitrogen and oxygen atoms in total. The lowest BCUT2D eigenvalue weighted by Crippen LogP contribution is -2.01. The molecule has 0 aliphatic carbocycles. The van der Waals surface area contributed by atoms with Crippen LogP contribution in [0.4, 0.5) is 0 Å². The highest BCUT2D eigenvalue weighted by molar-refractivity contribution is 5.80. The van der Waals surface area contributed by atoms with Crippen LogP contribution in [0.15, 0.2) is 70.6 Å². The Morgan fingerprint density at radius 3 is 2.83 bits per heavy atom. The van der Waals surface area contributed by atoms with Crippen molar-refractivity contribution < 1.29 is 4.42 Å². The van der Waals surface area contributed by atoms with Gasteiger partial charge in [0, 0.05) is 11.6 Å². The van der Waals surface area contributed by atoms with E-state index in [1.54, 1.807) is 36.4 Å². The van der Waals surface area contributed by atoms with E-state index in [0.29, 0.717) is 22.3 Å². The highest BCUT2D eigenvalue weighted by atomic mass is 16.3. The molecule has 18 heavy (non-hydrogen) atoms. The van der Waals surface area contributed by atoms with E-state index < -0.39 is 0 Å². The SMILES string of the molecule is C=C/C=C(\C=C/N)c1cc(=O)c2ccccc2o1. The molecule has 0 aliphatic rings. The Bertz CT molecular complexity index is 693. The zero-order valence-corrected chi connectivity index (χ0v) is 9.80. The lowest BCUT2D eigenvalue weighted by molar-refractivity contribution is 0.587. The number of allylic oxidation sites excluding steroid dienone is 4. The molecule has 1 heterocycles. The summed E-state index contributed by atoms with van der Waals surface area (Å²) in [4.78, 5) is 11.9. The third kappa shape index (κ3) is 2.25. The van der Waals surface area contributed by atoms with Crippen molar-refractivity contribution in [3.8, 4) is 0 Å². The van der Waals surface area contributed by atoms with Crippen molar-refractivity contribution in [3.63, 3.8) is 0 Å². The summed E-state index contributed by atoms with van der Waals surface area (Å²) in [7, 11) is 0. The number of hydrogen-bond donors (Lipinski definition) is 1. The van der Waals surface area contributed by atoms with Gasteiger partial charge in [-0.2, -0.15) is 0 Å². The summed E-state index contributed by atoms with van der Waals surface area (Å²) in [6.45, 7) is 3.62. The third-order valence-electron chi connectivity index (χ3n) is 2.49. The molecule has 0 unspecified atom stereocenters. The van der Waals surface area contributed by atoms with Crippen LogP contribution in [-0.2, 0) is 0 Å². The van der Waals surface area contributed by atoms with Crippen LogP contribution in [0.3, 0.4) is 0 Å². The fourth-order valence-electron chi connectivity index (χ4n) is 1.70. The van der Waals surface area contributed by atoms with Gasteiger partial charge >= 0.3 is 0 Å². The molecule has 0 aliphatic heterocycles. The second-order valence-corrected chi connectivity index (χ2v) is 3.69. The Morgan fingerprint density at radius 2 is 2.11 bits per heavy atom. The lowest BCUT2D eigenvalue weighted by Gasteiger charge is -2.03. The van der Waals surface area contributed by atoms with Gasteiger partial charge in [-0.15, -0.1) is 0 Å². The van der Waals surface area contributed by atoms with E-state index in [-0.39, 0.29) is 5.43 Å². The van der Waals surface area contributed by atoms with E-state index in [1.165, 1.54) is 12.3 Å². The summed E-state index contributed by atoms with van der Waals surface area (Å²) in [6, 6.07) is 8.58. The van der Waals surface area contributed by atoms with E-state index in [0.717, 1.165) is 0 Å². The van der Waals surface area contributed by atoms with Crippen LogP contribution in [-0.4, -0.2) is 0 Å². The summed E-state index contributed by atoms with van der Waals surface area (Å²) in [5.41, 5.74) is 6.56. The molecule has 0 atom stereocenters. The quantitative estimate of drug-likeness (QED) is 0.838. The zero-order valence-electron chi connectivity index (χ0n) is 9.80. The van der Waals surface area contributed by atoms with E-state index >= 15 is 0 Å². The second-order valence-electron chi connectivity index (χ2n) is 3.69. The number of fused-ring (bicyclic) bond motifs is 1. The first-order chi connectivity index (χ1) is 8.76. The predicted molar refractivity (Wildman–Crippen MR) is 74.0 cm³/mol. The monoisotopic (exact) mass is 239 g/mol. The first-order valence-electron chi connectivity index (χ1n) is 5.50. The number of nitrogens with two attached hydrogens (primary N) is 1. The molecule has 0 fully saturated rings. The maximum Gasteiger partial charge on any atom is 0.193 e. The van der Waals surface area contributed by atoms with Gasteiger partial charge in [-0.25, -0.2) is 0 Å². The van der Waals surface area contributed by atoms with Crippen molar-refractivity contribution in [1.29, 1.82) is 0 Å². The zero-order chi connectivity index (χ0) is 13.0. The highest BCUT2D eigenvalue weighted by Crippen LogP contribution is 2.19. The van der Waals surface area contributed by atoms with Crippen molar-refractivity contribution in [2.75, 3.05) is 0 Å². The highest BCUT2D eigenvalue weighted by Gasteiger charge is 2.06. The molecular weight excluding hydrogens is 226 g/mol. The molecule has 0 radical (unpaired) electrons. The third-order valence-corrected chi connectivity index (χ3v) is 2.49. The summed E-state index contributed by atoms with van der Waals surface area (Å²) >= 11 is 0. The van der Waals surface area contributed by atoms with Crippen LogP contribution in [0, 0.1) is 0 Å². The molecule has 0 saturated carbocycles. The Balaban J connectivity index is 2.69. The summed E-state index contributed by atoms with van der Waals surface area (Å²) in [6.07, 6.45) is 6.40. The number of benzene rings is 1. The van der Waals surface area contributed by atoms with Crippen molar-refractivity contribution in [3.05, 3.63) is 77.3 Å². The Kier molecular flexibility index (Phi) is 3.44. The van der Waals surface area contributed by atoms with Gasteiger partial charge in [-0.05, 0) is 24.4 Å². The minimum atomic E-state index is -0.0766. The average Bonchev–Trinajstić information content (AvgIpc) is 2.38. The average molecular weight is 239 g/mol. The first kappa shape index (κ1) is 11.9. The van der Waals surface area contributed by atoms with Crippen molar-refractivity contribution in [2.24, 2.45) is 5.73 Å². The Morgan fingerprint density at radius 1 is 1.33 bits per heavy atom. The molecule has 2 rings (SSSR count). The largest absolute Gasteiger partial charge is 0.456 e. The molecular formula is C15H13NO2. The Hall–Kier alpha value is -2.55. The maximum absolute atomic E-state index is 11.9. The minimum Gasteiger partial charge on any atom is -0.456 e. The van der Waals surface area contributed by atoms with Crippen LogP contribution < -0.4 is 11.2 Å². The molecule has 0 amide bonds. The van der Waals surface area contributed by atoms with Gasteiger partial charge in [0.2, 0.25) is 0 Å². The lowest BCUT2D eigenvalue weighted by atomic mass is 10.1. The van der Waals surface area contributed by atoms with Gasteiger partial charge in [0.25, 0.3) is 0 Å². The molecule has 1 aromatic carbocycles. The van der Waals surface area contributed by atoms with Gasteiger partial charge in [0.15, 0.2) is 5.43 Å². The van der Waals surface area contributed by atoms with Gasteiger partial charge in [0.05, 0.1) is 5.39 Å². The molecule has 2 N–H and O–H groups in total. The number of hydrogen-bond acceptors (Lipinski definition) is 3. The van der Waals surface area contributed by atoms with Crippen LogP contribution >= 0.6 is 0 Å². The molecule has 0 bridgehead atoms. The maximum atomic E-state index is 11.9. The molecule has 0 saturated heterocycles. The molecule has 3 heteroatoms. The van der Waals surface area contributed by atoms with Gasteiger partial charge in [-0.3, -0.25) is 4.79 Å². The van der Waals surface area contributed by atoms with E-state index in [2.05, 4.69) is 6.58 Å². The van der Waals surface area contributed by atoms with Crippen LogP contribution in [0.5, 0.6) is 0 Å². The standard InChI is InChI=1S/C15H13NO2/c1-2-5-11(8-9-16)15-10-13(17)12-6-3-4-7-14(12)18-15/h2-10H,1,16H2/b9-8-,11-5+. The van der Waals surface area contributed by atoms with E-state index in [1.807, 2.05) is 6.07 Å². The first-order valence-corrected chi connectivity index (χ1v) is 5.50. The van der Waals surface area contributed by atoms with Crippen molar-refractivity contribution in [1.82, 2.24) is 0 Å². The van der Waals surface area contributed by atoms with Crippen LogP contribution in [0.1, 0.15) is 5.76 Å². The van der Waals surface area contributed by atoms with E-state index in [4.69, 9.17) is 10.2 Å². The van der Waals surface area contributed by atoms with Crippen LogP contribution in [0.2, 0.25) is 0 Å². The summed E-state index contributed by atoms with van der Waals surface area (Å²) < 4.78 is 5.69. The van der Waals surface area contributed by atoms with E-state index in [9.17, 15) is 4.79 Å². The van der Waals surface area contributed by atoms with Gasteiger partial charge in [-0.1, -0.05) is 30.9 Å². The van der Waals surface area contributed by atoms with Crippen molar-refractivity contribution in [2.45, 2.75) is 0 Å². The Labute approximate surface area is 105 Å². The number of para-hydroxylation sites is 1. The fraction of sp³-hybridized carbons (Fsp3) is 0. The second kappa shape index (κ2) is 5.19. The molecule has 0 spiro atoms. The number of rotatable bonds is 3. The summed E-state index contributed by atoms with van der Waals surface area (Å²) in [5.74, 6) is 0.473. The van der Waals surface area contributed by atoms with Crippen LogP contribution in [0.25, 0.3) is 16.5 Å². The predicted octanol–water partition coefficient (Wildman–Crippen LogP) is 2.83. The van der Waals surface area contributed by atoms with Gasteiger partial charge < -0.3 is 10.2 Å². The summed E-state index contributed by atoms with van der Waals surface area (Å²) in [5, 5.41) is 0.566. The minimum absolute atomic E-state index is 0.0766. The van der Waals surface area contributed by atoms with Gasteiger partial charge in [0.1, 0.15) is 11.3 Å². The normalized spacial score (nSPS) is 12.1. The topological polar surface area (TPSA) is 56.2 Å². The molecule has 90 valence electrons. The fourth-order valence-corrected chi connectivity index (χ4v) is 1.70. The smallest absolute Gasteiger partial charge is 0.193 e.